The first kappa shape index (κ1) is 29.4. The SMILES string of the molecule is CCC(C)C(N)C(=O)NC(Cc1ccc(O)cc1)C(=O)NC(CCSC)C(=O)N1CCCC1C(=O)O. The number of likely N-dealkylation sites (tertiary alicyclic amines) is 1. The minimum absolute atomic E-state index is 0.0731. The Morgan fingerprint density at radius 3 is 2.36 bits per heavy atom. The lowest BCUT2D eigenvalue weighted by molar-refractivity contribution is -0.149. The van der Waals surface area contributed by atoms with E-state index in [0.717, 1.165) is 0 Å². The number of carbonyl (C=O) groups excluding carboxylic acids is 3. The number of thioether (sulfide) groups is 1. The molecule has 1 aliphatic rings. The molecule has 1 heterocycles. The van der Waals surface area contributed by atoms with E-state index >= 15 is 0 Å². The lowest BCUT2D eigenvalue weighted by atomic mass is 9.98. The minimum atomic E-state index is -1.06. The average molecular weight is 523 g/mol. The van der Waals surface area contributed by atoms with Gasteiger partial charge in [-0.2, -0.15) is 11.8 Å². The van der Waals surface area contributed by atoms with E-state index in [1.807, 2.05) is 20.1 Å². The summed E-state index contributed by atoms with van der Waals surface area (Å²) in [5.41, 5.74) is 6.78. The molecule has 0 bridgehead atoms. The zero-order valence-corrected chi connectivity index (χ0v) is 21.9. The first-order valence-electron chi connectivity index (χ1n) is 12.2. The van der Waals surface area contributed by atoms with E-state index in [2.05, 4.69) is 10.6 Å². The van der Waals surface area contributed by atoms with Crippen LogP contribution in [0.5, 0.6) is 5.75 Å². The van der Waals surface area contributed by atoms with Gasteiger partial charge in [0.2, 0.25) is 17.7 Å². The van der Waals surface area contributed by atoms with E-state index in [0.29, 0.717) is 43.5 Å². The Morgan fingerprint density at radius 1 is 1.14 bits per heavy atom. The summed E-state index contributed by atoms with van der Waals surface area (Å²) >= 11 is 1.51. The third kappa shape index (κ3) is 8.12. The van der Waals surface area contributed by atoms with Gasteiger partial charge in [0.25, 0.3) is 0 Å². The van der Waals surface area contributed by atoms with Crippen molar-refractivity contribution in [1.82, 2.24) is 15.5 Å². The van der Waals surface area contributed by atoms with Crippen LogP contribution in [0.3, 0.4) is 0 Å². The number of aliphatic carboxylic acids is 1. The molecule has 10 nitrogen and oxygen atoms in total. The highest BCUT2D eigenvalue weighted by Gasteiger charge is 2.38. The molecular formula is C25H38N4O6S. The molecule has 5 atom stereocenters. The molecule has 200 valence electrons. The fraction of sp³-hybridized carbons (Fsp3) is 0.600. The molecule has 2 rings (SSSR count). The van der Waals surface area contributed by atoms with Crippen LogP contribution in [0.1, 0.15) is 45.1 Å². The summed E-state index contributed by atoms with van der Waals surface area (Å²) in [6.45, 7) is 4.09. The maximum atomic E-state index is 13.4. The van der Waals surface area contributed by atoms with Gasteiger partial charge in [-0.25, -0.2) is 4.79 Å². The molecule has 11 heteroatoms. The van der Waals surface area contributed by atoms with Gasteiger partial charge in [0.05, 0.1) is 6.04 Å². The second-order valence-electron chi connectivity index (χ2n) is 9.21. The number of phenolic OH excluding ortho intramolecular Hbond substituents is 1. The number of carbonyl (C=O) groups is 4. The topological polar surface area (TPSA) is 162 Å². The Kier molecular flexibility index (Phi) is 11.5. The Morgan fingerprint density at radius 2 is 1.78 bits per heavy atom. The number of hydrogen-bond donors (Lipinski definition) is 5. The molecule has 0 aliphatic carbocycles. The van der Waals surface area contributed by atoms with Gasteiger partial charge in [0.15, 0.2) is 0 Å². The van der Waals surface area contributed by atoms with Crippen molar-refractivity contribution in [2.24, 2.45) is 11.7 Å². The Balaban J connectivity index is 2.25. The molecule has 0 saturated carbocycles. The van der Waals surface area contributed by atoms with E-state index < -0.39 is 47.9 Å². The van der Waals surface area contributed by atoms with Crippen LogP contribution in [-0.4, -0.2) is 81.5 Å². The smallest absolute Gasteiger partial charge is 0.326 e. The quantitative estimate of drug-likeness (QED) is 0.257. The van der Waals surface area contributed by atoms with Gasteiger partial charge >= 0.3 is 5.97 Å². The minimum Gasteiger partial charge on any atom is -0.508 e. The van der Waals surface area contributed by atoms with Crippen LogP contribution in [-0.2, 0) is 25.6 Å². The van der Waals surface area contributed by atoms with Crippen molar-refractivity contribution < 1.29 is 29.4 Å². The third-order valence-electron chi connectivity index (χ3n) is 6.62. The number of phenols is 1. The van der Waals surface area contributed by atoms with E-state index in [9.17, 15) is 29.4 Å². The highest BCUT2D eigenvalue weighted by atomic mass is 32.2. The summed E-state index contributed by atoms with van der Waals surface area (Å²) in [5, 5.41) is 24.6. The predicted molar refractivity (Wildman–Crippen MR) is 138 cm³/mol. The van der Waals surface area contributed by atoms with Crippen molar-refractivity contribution in [3.05, 3.63) is 29.8 Å². The molecule has 1 aliphatic heterocycles. The fourth-order valence-corrected chi connectivity index (χ4v) is 4.58. The van der Waals surface area contributed by atoms with Gasteiger partial charge in [0.1, 0.15) is 23.9 Å². The van der Waals surface area contributed by atoms with Crippen LogP contribution in [0.4, 0.5) is 0 Å². The standard InChI is InChI=1S/C25H38N4O6S/c1-4-15(2)21(26)23(32)28-19(14-16-7-9-17(30)10-8-16)22(31)27-18(11-13-36-3)24(33)29-12-5-6-20(29)25(34)35/h7-10,15,18-21,30H,4-6,11-14,26H2,1-3H3,(H,27,31)(H,28,32)(H,34,35). The van der Waals surface area contributed by atoms with Crippen LogP contribution >= 0.6 is 11.8 Å². The molecule has 0 radical (unpaired) electrons. The Labute approximate surface area is 216 Å². The Bertz CT molecular complexity index is 912. The molecule has 1 aromatic rings. The maximum absolute atomic E-state index is 13.4. The number of carboxylic acid groups (broad SMARTS) is 1. The van der Waals surface area contributed by atoms with Gasteiger partial charge in [-0.05, 0) is 54.9 Å². The van der Waals surface area contributed by atoms with Crippen LogP contribution in [0.15, 0.2) is 24.3 Å². The number of nitrogens with zero attached hydrogens (tertiary/aromatic N) is 1. The summed E-state index contributed by atoms with van der Waals surface area (Å²) in [6.07, 6.45) is 3.96. The summed E-state index contributed by atoms with van der Waals surface area (Å²) in [4.78, 5) is 52.4. The first-order chi connectivity index (χ1) is 17.1. The van der Waals surface area contributed by atoms with Crippen LogP contribution in [0, 0.1) is 5.92 Å². The summed E-state index contributed by atoms with van der Waals surface area (Å²) in [5.74, 6) is -1.97. The number of nitrogens with one attached hydrogen (secondary N) is 2. The number of rotatable bonds is 13. The van der Waals surface area contributed by atoms with Gasteiger partial charge in [0, 0.05) is 13.0 Å². The van der Waals surface area contributed by atoms with Crippen molar-refractivity contribution in [3.8, 4) is 5.75 Å². The van der Waals surface area contributed by atoms with Crippen molar-refractivity contribution >= 4 is 35.5 Å². The molecule has 0 aromatic heterocycles. The zero-order chi connectivity index (χ0) is 26.8. The van der Waals surface area contributed by atoms with Crippen molar-refractivity contribution in [2.45, 2.75) is 70.1 Å². The van der Waals surface area contributed by atoms with E-state index in [1.54, 1.807) is 12.1 Å². The monoisotopic (exact) mass is 522 g/mol. The molecule has 6 N–H and O–H groups in total. The van der Waals surface area contributed by atoms with Crippen molar-refractivity contribution in [3.63, 3.8) is 0 Å². The average Bonchev–Trinajstić information content (AvgIpc) is 3.36. The molecule has 36 heavy (non-hydrogen) atoms. The lowest BCUT2D eigenvalue weighted by Crippen LogP contribution is -2.58. The van der Waals surface area contributed by atoms with Gasteiger partial charge in [-0.15, -0.1) is 0 Å². The molecule has 1 aromatic carbocycles. The molecule has 0 spiro atoms. The maximum Gasteiger partial charge on any atom is 0.326 e. The van der Waals surface area contributed by atoms with Crippen LogP contribution < -0.4 is 16.4 Å². The number of hydrogen-bond acceptors (Lipinski definition) is 7. The number of aromatic hydroxyl groups is 1. The summed E-state index contributed by atoms with van der Waals surface area (Å²) in [7, 11) is 0. The highest BCUT2D eigenvalue weighted by Crippen LogP contribution is 2.20. The van der Waals surface area contributed by atoms with E-state index in [4.69, 9.17) is 5.73 Å². The molecular weight excluding hydrogens is 484 g/mol. The second-order valence-corrected chi connectivity index (χ2v) is 10.2. The van der Waals surface area contributed by atoms with E-state index in [1.165, 1.54) is 28.8 Å². The molecule has 1 saturated heterocycles. The van der Waals surface area contributed by atoms with Gasteiger partial charge < -0.3 is 31.5 Å². The number of amides is 3. The summed E-state index contributed by atoms with van der Waals surface area (Å²) in [6, 6.07) is 2.61. The van der Waals surface area contributed by atoms with Gasteiger partial charge in [-0.1, -0.05) is 32.4 Å². The third-order valence-corrected chi connectivity index (χ3v) is 7.26. The normalized spacial score (nSPS) is 18.7. The highest BCUT2D eigenvalue weighted by molar-refractivity contribution is 7.98. The number of nitrogens with two attached hydrogens (primary N) is 1. The number of carboxylic acids is 1. The lowest BCUT2D eigenvalue weighted by Gasteiger charge is -2.29. The van der Waals surface area contributed by atoms with Crippen LogP contribution in [0.25, 0.3) is 0 Å². The number of benzene rings is 1. The molecule has 1 fully saturated rings. The van der Waals surface area contributed by atoms with E-state index in [-0.39, 0.29) is 18.1 Å². The van der Waals surface area contributed by atoms with Gasteiger partial charge in [-0.3, -0.25) is 14.4 Å². The Hall–Kier alpha value is -2.79. The largest absolute Gasteiger partial charge is 0.508 e. The zero-order valence-electron chi connectivity index (χ0n) is 21.1. The summed E-state index contributed by atoms with van der Waals surface area (Å²) < 4.78 is 0. The van der Waals surface area contributed by atoms with Crippen molar-refractivity contribution in [1.29, 1.82) is 0 Å². The second kappa shape index (κ2) is 14.1. The van der Waals surface area contributed by atoms with Crippen molar-refractivity contribution in [2.75, 3.05) is 18.6 Å². The molecule has 5 unspecified atom stereocenters. The fourth-order valence-electron chi connectivity index (χ4n) is 4.11. The molecule has 3 amide bonds. The predicted octanol–water partition coefficient (Wildman–Crippen LogP) is 1.11. The first-order valence-corrected chi connectivity index (χ1v) is 13.6. The van der Waals surface area contributed by atoms with Crippen LogP contribution in [0.2, 0.25) is 0 Å².